The summed E-state index contributed by atoms with van der Waals surface area (Å²) in [4.78, 5) is 13.2. The van der Waals surface area contributed by atoms with Crippen LogP contribution in [0.2, 0.25) is 0 Å². The molecule has 0 aliphatic heterocycles. The molecule has 0 fully saturated rings. The molecular formula is C15H15ClN4O. The van der Waals surface area contributed by atoms with Crippen LogP contribution in [0.4, 0.5) is 0 Å². The van der Waals surface area contributed by atoms with E-state index in [0.29, 0.717) is 12.4 Å². The highest BCUT2D eigenvalue weighted by Gasteiger charge is 2.12. The fourth-order valence-electron chi connectivity index (χ4n) is 2.22. The Morgan fingerprint density at radius 3 is 2.76 bits per heavy atom. The number of ether oxygens (including phenoxy) is 1. The van der Waals surface area contributed by atoms with E-state index in [1.165, 1.54) is 0 Å². The third-order valence-electron chi connectivity index (χ3n) is 3.31. The Bertz CT molecular complexity index is 767. The first-order chi connectivity index (χ1) is 10.2. The van der Waals surface area contributed by atoms with Crippen molar-refractivity contribution in [3.05, 3.63) is 47.8 Å². The van der Waals surface area contributed by atoms with Gasteiger partial charge in [0.2, 0.25) is 0 Å². The molecule has 0 radical (unpaired) electrons. The van der Waals surface area contributed by atoms with E-state index in [-0.39, 0.29) is 0 Å². The van der Waals surface area contributed by atoms with Gasteiger partial charge >= 0.3 is 0 Å². The molecule has 0 spiro atoms. The quantitative estimate of drug-likeness (QED) is 0.695. The Balaban J connectivity index is 2.08. The molecule has 2 heterocycles. The molecule has 0 saturated heterocycles. The van der Waals surface area contributed by atoms with E-state index < -0.39 is 0 Å². The monoisotopic (exact) mass is 302 g/mol. The van der Waals surface area contributed by atoms with Gasteiger partial charge in [0.1, 0.15) is 11.6 Å². The highest BCUT2D eigenvalue weighted by Crippen LogP contribution is 2.23. The molecule has 0 N–H and O–H groups in total. The average Bonchev–Trinajstić information content (AvgIpc) is 2.86. The zero-order chi connectivity index (χ0) is 14.8. The van der Waals surface area contributed by atoms with Crippen molar-refractivity contribution in [1.29, 1.82) is 0 Å². The smallest absolute Gasteiger partial charge is 0.125 e. The van der Waals surface area contributed by atoms with Crippen molar-refractivity contribution < 1.29 is 4.74 Å². The number of halogens is 1. The lowest BCUT2D eigenvalue weighted by Gasteiger charge is -2.08. The van der Waals surface area contributed by atoms with Gasteiger partial charge in [0.25, 0.3) is 0 Å². The van der Waals surface area contributed by atoms with Gasteiger partial charge in [0.05, 0.1) is 48.2 Å². The predicted octanol–water partition coefficient (Wildman–Crippen LogP) is 2.93. The largest absolute Gasteiger partial charge is 0.497 e. The van der Waals surface area contributed by atoms with E-state index in [1.807, 2.05) is 29.7 Å². The lowest BCUT2D eigenvalue weighted by Crippen LogP contribution is -2.06. The summed E-state index contributed by atoms with van der Waals surface area (Å²) in [6.07, 6.45) is 3.54. The molecule has 108 valence electrons. The minimum absolute atomic E-state index is 0.344. The van der Waals surface area contributed by atoms with Crippen molar-refractivity contribution in [2.45, 2.75) is 19.3 Å². The fraction of sp³-hybridized carbons (Fsp3) is 0.267. The molecule has 0 atom stereocenters. The third-order valence-corrected chi connectivity index (χ3v) is 3.55. The highest BCUT2D eigenvalue weighted by molar-refractivity contribution is 6.16. The number of hydrogen-bond donors (Lipinski definition) is 0. The summed E-state index contributed by atoms with van der Waals surface area (Å²) in [5.41, 5.74) is 3.64. The normalized spacial score (nSPS) is 11.0. The van der Waals surface area contributed by atoms with Gasteiger partial charge in [-0.1, -0.05) is 0 Å². The van der Waals surface area contributed by atoms with Gasteiger partial charge in [-0.2, -0.15) is 0 Å². The van der Waals surface area contributed by atoms with Gasteiger partial charge in [-0.25, -0.2) is 4.98 Å². The molecule has 0 bridgehead atoms. The first-order valence-electron chi connectivity index (χ1n) is 6.58. The SMILES string of the molecule is COc1ccc2nc(CCl)n(Cc3cnc(C)cn3)c2c1. The fourth-order valence-corrected chi connectivity index (χ4v) is 2.42. The standard InChI is InChI=1S/C15H15ClN4O/c1-10-7-18-11(8-17-10)9-20-14-5-12(21-2)3-4-13(14)19-15(20)6-16/h3-5,7-8H,6,9H2,1-2H3. The second-order valence-corrected chi connectivity index (χ2v) is 5.02. The summed E-state index contributed by atoms with van der Waals surface area (Å²) in [6.45, 7) is 2.50. The van der Waals surface area contributed by atoms with Crippen LogP contribution >= 0.6 is 11.6 Å². The number of aryl methyl sites for hydroxylation is 1. The molecule has 3 rings (SSSR count). The number of aromatic nitrogens is 4. The van der Waals surface area contributed by atoms with Crippen LogP contribution in [0.25, 0.3) is 11.0 Å². The van der Waals surface area contributed by atoms with Crippen LogP contribution in [-0.2, 0) is 12.4 Å². The zero-order valence-electron chi connectivity index (χ0n) is 11.9. The Kier molecular flexibility index (Phi) is 3.75. The summed E-state index contributed by atoms with van der Waals surface area (Å²) < 4.78 is 7.33. The number of nitrogens with zero attached hydrogens (tertiary/aromatic N) is 4. The third kappa shape index (κ3) is 2.69. The van der Waals surface area contributed by atoms with Crippen LogP contribution in [0.5, 0.6) is 5.75 Å². The Hall–Kier alpha value is -2.14. The number of benzene rings is 1. The maximum Gasteiger partial charge on any atom is 0.125 e. The zero-order valence-corrected chi connectivity index (χ0v) is 12.6. The van der Waals surface area contributed by atoms with Crippen LogP contribution in [-0.4, -0.2) is 26.6 Å². The van der Waals surface area contributed by atoms with Crippen molar-refractivity contribution in [2.75, 3.05) is 7.11 Å². The molecule has 21 heavy (non-hydrogen) atoms. The molecule has 0 amide bonds. The van der Waals surface area contributed by atoms with Crippen LogP contribution in [0, 0.1) is 6.92 Å². The molecular weight excluding hydrogens is 288 g/mol. The van der Waals surface area contributed by atoms with E-state index in [0.717, 1.165) is 34.0 Å². The van der Waals surface area contributed by atoms with Crippen molar-refractivity contribution in [2.24, 2.45) is 0 Å². The van der Waals surface area contributed by atoms with Gasteiger partial charge in [-0.05, 0) is 19.1 Å². The number of rotatable bonds is 4. The van der Waals surface area contributed by atoms with Gasteiger partial charge in [-0.15, -0.1) is 11.6 Å². The molecule has 6 heteroatoms. The summed E-state index contributed by atoms with van der Waals surface area (Å²) in [7, 11) is 1.65. The molecule has 1 aromatic carbocycles. The molecule has 0 aliphatic carbocycles. The van der Waals surface area contributed by atoms with E-state index in [9.17, 15) is 0 Å². The summed E-state index contributed by atoms with van der Waals surface area (Å²) in [6, 6.07) is 5.78. The molecule has 3 aromatic rings. The van der Waals surface area contributed by atoms with Crippen LogP contribution in [0.3, 0.4) is 0 Å². The Labute approximate surface area is 127 Å². The summed E-state index contributed by atoms with van der Waals surface area (Å²) in [5.74, 6) is 1.94. The van der Waals surface area contributed by atoms with E-state index >= 15 is 0 Å². The van der Waals surface area contributed by atoms with Crippen LogP contribution in [0.15, 0.2) is 30.6 Å². The topological polar surface area (TPSA) is 52.8 Å². The number of methoxy groups -OCH3 is 1. The number of imidazole rings is 1. The first kappa shape index (κ1) is 13.8. The number of hydrogen-bond acceptors (Lipinski definition) is 4. The van der Waals surface area contributed by atoms with Crippen molar-refractivity contribution in [3.8, 4) is 5.75 Å². The van der Waals surface area contributed by atoms with Gasteiger partial charge in [0, 0.05) is 12.3 Å². The van der Waals surface area contributed by atoms with Gasteiger partial charge < -0.3 is 9.30 Å². The lowest BCUT2D eigenvalue weighted by atomic mass is 10.3. The second-order valence-electron chi connectivity index (χ2n) is 4.75. The molecule has 0 saturated carbocycles. The van der Waals surface area contributed by atoms with Crippen LogP contribution in [0.1, 0.15) is 17.2 Å². The maximum atomic E-state index is 6.02. The highest BCUT2D eigenvalue weighted by atomic mass is 35.5. The van der Waals surface area contributed by atoms with Crippen LogP contribution < -0.4 is 4.74 Å². The van der Waals surface area contributed by atoms with E-state index in [2.05, 4.69) is 15.0 Å². The predicted molar refractivity (Wildman–Crippen MR) is 81.7 cm³/mol. The molecule has 2 aromatic heterocycles. The number of fused-ring (bicyclic) bond motifs is 1. The average molecular weight is 303 g/mol. The van der Waals surface area contributed by atoms with Gasteiger partial charge in [0.15, 0.2) is 0 Å². The second kappa shape index (κ2) is 5.69. The summed E-state index contributed by atoms with van der Waals surface area (Å²) in [5, 5.41) is 0. The first-order valence-corrected chi connectivity index (χ1v) is 7.11. The minimum atomic E-state index is 0.344. The Morgan fingerprint density at radius 2 is 2.10 bits per heavy atom. The lowest BCUT2D eigenvalue weighted by molar-refractivity contribution is 0.415. The minimum Gasteiger partial charge on any atom is -0.497 e. The summed E-state index contributed by atoms with van der Waals surface area (Å²) >= 11 is 6.02. The van der Waals surface area contributed by atoms with Crippen molar-refractivity contribution in [1.82, 2.24) is 19.5 Å². The number of alkyl halides is 1. The van der Waals surface area contributed by atoms with E-state index in [1.54, 1.807) is 19.5 Å². The van der Waals surface area contributed by atoms with Gasteiger partial charge in [-0.3, -0.25) is 9.97 Å². The molecule has 5 nitrogen and oxygen atoms in total. The van der Waals surface area contributed by atoms with Crippen molar-refractivity contribution in [3.63, 3.8) is 0 Å². The Morgan fingerprint density at radius 1 is 1.24 bits per heavy atom. The maximum absolute atomic E-state index is 6.02. The molecule has 0 aliphatic rings. The van der Waals surface area contributed by atoms with Crippen molar-refractivity contribution >= 4 is 22.6 Å². The molecule has 0 unspecified atom stereocenters. The van der Waals surface area contributed by atoms with E-state index in [4.69, 9.17) is 16.3 Å².